The Morgan fingerprint density at radius 1 is 1.35 bits per heavy atom. The number of rotatable bonds is 8. The van der Waals surface area contributed by atoms with Gasteiger partial charge in [-0.2, -0.15) is 0 Å². The Hall–Kier alpha value is -1.20. The van der Waals surface area contributed by atoms with E-state index >= 15 is 0 Å². The average Bonchev–Trinajstić information content (AvgIpc) is 3.05. The van der Waals surface area contributed by atoms with Gasteiger partial charge in [0.25, 0.3) is 0 Å². The Morgan fingerprint density at radius 2 is 2.09 bits per heavy atom. The van der Waals surface area contributed by atoms with Gasteiger partial charge in [0.05, 0.1) is 12.0 Å². The zero-order valence-corrected chi connectivity index (χ0v) is 15.2. The van der Waals surface area contributed by atoms with Crippen molar-refractivity contribution in [3.05, 3.63) is 29.3 Å². The quantitative estimate of drug-likeness (QED) is 0.740. The lowest BCUT2D eigenvalue weighted by atomic mass is 10.1. The third kappa shape index (κ3) is 5.43. The standard InChI is InChI=1S/C18H28N2O2S/c1-4-17(18(21)19-10-13-20-11-5-6-12-20)23-22-16-9-7-8-14(2)15(16)3/h7-9,17H,4-6,10-13H2,1-3H3,(H,19,21). The molecule has 1 fully saturated rings. The van der Waals surface area contributed by atoms with Gasteiger partial charge in [-0.15, -0.1) is 0 Å². The molecule has 1 aromatic carbocycles. The molecule has 0 aliphatic carbocycles. The lowest BCUT2D eigenvalue weighted by Crippen LogP contribution is -2.38. The molecule has 1 unspecified atom stereocenters. The lowest BCUT2D eigenvalue weighted by Gasteiger charge is -2.18. The maximum atomic E-state index is 12.3. The number of amides is 1. The largest absolute Gasteiger partial charge is 0.425 e. The van der Waals surface area contributed by atoms with Crippen LogP contribution < -0.4 is 9.50 Å². The van der Waals surface area contributed by atoms with Gasteiger partial charge >= 0.3 is 0 Å². The van der Waals surface area contributed by atoms with E-state index in [9.17, 15) is 4.79 Å². The van der Waals surface area contributed by atoms with Crippen LogP contribution in [-0.2, 0) is 4.79 Å². The third-order valence-electron chi connectivity index (χ3n) is 4.40. The fourth-order valence-corrected chi connectivity index (χ4v) is 3.39. The van der Waals surface area contributed by atoms with Gasteiger partial charge in [-0.25, -0.2) is 0 Å². The van der Waals surface area contributed by atoms with Crippen molar-refractivity contribution >= 4 is 17.9 Å². The second-order valence-electron chi connectivity index (χ2n) is 6.11. The zero-order chi connectivity index (χ0) is 16.7. The van der Waals surface area contributed by atoms with Crippen LogP contribution in [0.4, 0.5) is 0 Å². The Balaban J connectivity index is 1.76. The minimum Gasteiger partial charge on any atom is -0.425 e. The molecule has 1 atom stereocenters. The molecule has 1 amide bonds. The van der Waals surface area contributed by atoms with Crippen LogP contribution in [0.5, 0.6) is 5.75 Å². The second-order valence-corrected chi connectivity index (χ2v) is 7.04. The summed E-state index contributed by atoms with van der Waals surface area (Å²) in [5.74, 6) is 0.917. The molecule has 1 aliphatic rings. The highest BCUT2D eigenvalue weighted by molar-refractivity contribution is 7.96. The van der Waals surface area contributed by atoms with Crippen molar-refractivity contribution in [2.45, 2.75) is 45.3 Å². The monoisotopic (exact) mass is 336 g/mol. The smallest absolute Gasteiger partial charge is 0.236 e. The molecule has 23 heavy (non-hydrogen) atoms. The molecule has 0 bridgehead atoms. The van der Waals surface area contributed by atoms with E-state index in [2.05, 4.69) is 23.2 Å². The Labute approximate surface area is 144 Å². The van der Waals surface area contributed by atoms with Gasteiger partial charge < -0.3 is 14.4 Å². The van der Waals surface area contributed by atoms with Crippen LogP contribution in [0.15, 0.2) is 18.2 Å². The van der Waals surface area contributed by atoms with Crippen LogP contribution in [0.25, 0.3) is 0 Å². The van der Waals surface area contributed by atoms with E-state index in [4.69, 9.17) is 4.18 Å². The predicted octanol–water partition coefficient (Wildman–Crippen LogP) is 3.32. The van der Waals surface area contributed by atoms with Crippen molar-refractivity contribution in [1.82, 2.24) is 10.2 Å². The summed E-state index contributed by atoms with van der Waals surface area (Å²) in [6.45, 7) is 10.1. The first-order valence-electron chi connectivity index (χ1n) is 8.51. The highest BCUT2D eigenvalue weighted by atomic mass is 32.2. The van der Waals surface area contributed by atoms with E-state index in [0.717, 1.165) is 43.9 Å². The fourth-order valence-electron chi connectivity index (χ4n) is 2.68. The van der Waals surface area contributed by atoms with Crippen molar-refractivity contribution in [2.75, 3.05) is 26.2 Å². The molecule has 1 saturated heterocycles. The van der Waals surface area contributed by atoms with E-state index in [1.807, 2.05) is 26.0 Å². The molecule has 0 spiro atoms. The van der Waals surface area contributed by atoms with Gasteiger partial charge in [0.2, 0.25) is 5.91 Å². The Bertz CT molecular complexity index is 516. The fraction of sp³-hybridized carbons (Fsp3) is 0.611. The summed E-state index contributed by atoms with van der Waals surface area (Å²) in [4.78, 5) is 14.7. The molecule has 1 aliphatic heterocycles. The molecule has 4 nitrogen and oxygen atoms in total. The van der Waals surface area contributed by atoms with Crippen molar-refractivity contribution in [3.8, 4) is 5.75 Å². The summed E-state index contributed by atoms with van der Waals surface area (Å²) < 4.78 is 5.82. The molecule has 2 rings (SSSR count). The zero-order valence-electron chi connectivity index (χ0n) is 14.4. The van der Waals surface area contributed by atoms with Crippen LogP contribution in [-0.4, -0.2) is 42.2 Å². The SMILES string of the molecule is CCC(SOc1cccc(C)c1C)C(=O)NCCN1CCCC1. The summed E-state index contributed by atoms with van der Waals surface area (Å²) in [6.07, 6.45) is 3.32. The van der Waals surface area contributed by atoms with Crippen LogP contribution in [0.3, 0.4) is 0 Å². The average molecular weight is 337 g/mol. The molecule has 0 saturated carbocycles. The molecule has 1 aromatic rings. The van der Waals surface area contributed by atoms with Crippen LogP contribution in [0.1, 0.15) is 37.3 Å². The number of benzene rings is 1. The topological polar surface area (TPSA) is 41.6 Å². The molecule has 5 heteroatoms. The van der Waals surface area contributed by atoms with E-state index in [-0.39, 0.29) is 11.2 Å². The van der Waals surface area contributed by atoms with Crippen molar-refractivity contribution in [1.29, 1.82) is 0 Å². The first-order chi connectivity index (χ1) is 11.1. The van der Waals surface area contributed by atoms with E-state index in [1.165, 1.54) is 30.4 Å². The Morgan fingerprint density at radius 3 is 2.78 bits per heavy atom. The second kappa shape index (κ2) is 9.18. The van der Waals surface area contributed by atoms with E-state index < -0.39 is 0 Å². The minimum absolute atomic E-state index is 0.0713. The van der Waals surface area contributed by atoms with Crippen molar-refractivity contribution in [3.63, 3.8) is 0 Å². The van der Waals surface area contributed by atoms with E-state index in [1.54, 1.807) is 0 Å². The maximum absolute atomic E-state index is 12.3. The lowest BCUT2D eigenvalue weighted by molar-refractivity contribution is -0.120. The number of nitrogens with one attached hydrogen (secondary N) is 1. The maximum Gasteiger partial charge on any atom is 0.236 e. The number of hydrogen-bond donors (Lipinski definition) is 1. The highest BCUT2D eigenvalue weighted by Gasteiger charge is 2.20. The van der Waals surface area contributed by atoms with Crippen molar-refractivity contribution in [2.24, 2.45) is 0 Å². The normalized spacial score (nSPS) is 16.3. The highest BCUT2D eigenvalue weighted by Crippen LogP contribution is 2.26. The van der Waals surface area contributed by atoms with Crippen molar-refractivity contribution < 1.29 is 8.98 Å². The first kappa shape index (κ1) is 18.1. The molecule has 0 radical (unpaired) electrons. The van der Waals surface area contributed by atoms with Gasteiger partial charge in [-0.1, -0.05) is 19.1 Å². The predicted molar refractivity (Wildman–Crippen MR) is 96.9 cm³/mol. The third-order valence-corrected chi connectivity index (χ3v) is 5.45. The molecule has 0 aromatic heterocycles. The summed E-state index contributed by atoms with van der Waals surface area (Å²) in [6, 6.07) is 6.00. The molecule has 1 heterocycles. The number of hydrogen-bond acceptors (Lipinski definition) is 4. The first-order valence-corrected chi connectivity index (χ1v) is 9.32. The minimum atomic E-state index is -0.173. The molecular weight excluding hydrogens is 308 g/mol. The van der Waals surface area contributed by atoms with Gasteiger partial charge in [0, 0.05) is 13.1 Å². The Kier molecular flexibility index (Phi) is 7.24. The summed E-state index contributed by atoms with van der Waals surface area (Å²) in [7, 11) is 0. The van der Waals surface area contributed by atoms with E-state index in [0.29, 0.717) is 0 Å². The van der Waals surface area contributed by atoms with Gasteiger partial charge in [-0.3, -0.25) is 4.79 Å². The summed E-state index contributed by atoms with van der Waals surface area (Å²) in [5, 5.41) is 2.87. The summed E-state index contributed by atoms with van der Waals surface area (Å²) in [5.41, 5.74) is 2.33. The molecule has 1 N–H and O–H groups in total. The number of carbonyl (C=O) groups excluding carboxylic acids is 1. The summed E-state index contributed by atoms with van der Waals surface area (Å²) >= 11 is 1.26. The van der Waals surface area contributed by atoms with Gasteiger partial charge in [-0.05, 0) is 63.4 Å². The molecule has 128 valence electrons. The number of carbonyl (C=O) groups is 1. The van der Waals surface area contributed by atoms with Crippen LogP contribution in [0, 0.1) is 13.8 Å². The number of nitrogens with zero attached hydrogens (tertiary/aromatic N) is 1. The molecular formula is C18H28N2O2S. The van der Waals surface area contributed by atoms with Crippen LogP contribution in [0.2, 0.25) is 0 Å². The number of aryl methyl sites for hydroxylation is 1. The van der Waals surface area contributed by atoms with Crippen LogP contribution >= 0.6 is 12.0 Å². The number of likely N-dealkylation sites (tertiary alicyclic amines) is 1. The van der Waals surface area contributed by atoms with Gasteiger partial charge in [0.1, 0.15) is 11.0 Å². The van der Waals surface area contributed by atoms with Gasteiger partial charge in [0.15, 0.2) is 0 Å².